The van der Waals surface area contributed by atoms with Crippen LogP contribution in [0.5, 0.6) is 0 Å². The Kier molecular flexibility index (Phi) is 10.5. The third kappa shape index (κ3) is 7.07. The molecule has 3 aliphatic heterocycles. The summed E-state index contributed by atoms with van der Waals surface area (Å²) in [5.41, 5.74) is 17.8. The molecule has 2 atom stereocenters. The van der Waals surface area contributed by atoms with Gasteiger partial charge < -0.3 is 14.5 Å². The zero-order chi connectivity index (χ0) is 45.5. The predicted molar refractivity (Wildman–Crippen MR) is 283 cm³/mol. The molecule has 2 unspecified atom stereocenters. The summed E-state index contributed by atoms with van der Waals surface area (Å²) >= 11 is 0. The summed E-state index contributed by atoms with van der Waals surface area (Å²) in [6, 6.07) is 53.9. The van der Waals surface area contributed by atoms with Gasteiger partial charge in [0.05, 0.1) is 5.69 Å². The van der Waals surface area contributed by atoms with Gasteiger partial charge in [-0.2, -0.15) is 0 Å². The number of hydrogen-bond donors (Lipinski definition) is 0. The molecule has 6 aromatic rings. The van der Waals surface area contributed by atoms with Crippen molar-refractivity contribution in [1.82, 2.24) is 0 Å². The third-order valence-electron chi connectivity index (χ3n) is 17.5. The Morgan fingerprint density at radius 2 is 1.07 bits per heavy atom. The van der Waals surface area contributed by atoms with Crippen LogP contribution in [0.4, 0.5) is 45.5 Å². The Hall–Kier alpha value is -5.68. The van der Waals surface area contributed by atoms with Crippen LogP contribution in [-0.2, 0) is 10.2 Å². The SMILES string of the molecule is CC(C)(C)c1ccc(N2C3=C(B4c5cc(C6CCCCC6)ccc5N(c5ccc(C6CCCCC6)cc5)c5cc(N(c6ccccc6)c6ccccc6)cc2c54)C2(C)CCCCC2(C)O3)cc1. The Morgan fingerprint density at radius 1 is 0.537 bits per heavy atom. The van der Waals surface area contributed by atoms with Crippen molar-refractivity contribution >= 4 is 63.1 Å². The van der Waals surface area contributed by atoms with Gasteiger partial charge in [-0.05, 0) is 169 Å². The minimum atomic E-state index is -0.322. The Labute approximate surface area is 401 Å². The fraction of sp³-hybridized carbons (Fsp3) is 0.387. The van der Waals surface area contributed by atoms with Gasteiger partial charge >= 0.3 is 0 Å². The maximum absolute atomic E-state index is 7.77. The second-order valence-corrected chi connectivity index (χ2v) is 22.5. The van der Waals surface area contributed by atoms with Crippen LogP contribution in [0, 0.1) is 5.41 Å². The Bertz CT molecular complexity index is 2780. The van der Waals surface area contributed by atoms with Crippen molar-refractivity contribution in [2.45, 2.75) is 147 Å². The molecule has 5 heteroatoms. The van der Waals surface area contributed by atoms with E-state index in [0.29, 0.717) is 11.8 Å². The van der Waals surface area contributed by atoms with Gasteiger partial charge in [0.2, 0.25) is 0 Å². The van der Waals surface area contributed by atoms with E-state index in [0.717, 1.165) is 41.5 Å². The van der Waals surface area contributed by atoms with E-state index in [-0.39, 0.29) is 23.1 Å². The van der Waals surface area contributed by atoms with Crippen LogP contribution < -0.4 is 25.6 Å². The summed E-state index contributed by atoms with van der Waals surface area (Å²) in [5, 5.41) is 0. The molecule has 0 saturated heterocycles. The highest BCUT2D eigenvalue weighted by atomic mass is 16.5. The highest BCUT2D eigenvalue weighted by Crippen LogP contribution is 2.62. The van der Waals surface area contributed by atoms with E-state index in [1.807, 2.05) is 0 Å². The number of para-hydroxylation sites is 2. The lowest BCUT2D eigenvalue weighted by Crippen LogP contribution is -2.59. The highest BCUT2D eigenvalue weighted by molar-refractivity contribution is 6.95. The number of rotatable bonds is 7. The summed E-state index contributed by atoms with van der Waals surface area (Å²) in [6.45, 7) is 12.0. The molecule has 3 aliphatic carbocycles. The first-order valence-corrected chi connectivity index (χ1v) is 26.1. The van der Waals surface area contributed by atoms with Crippen molar-refractivity contribution in [3.8, 4) is 0 Å². The van der Waals surface area contributed by atoms with Gasteiger partial charge in [-0.1, -0.05) is 145 Å². The smallest absolute Gasteiger partial charge is 0.252 e. The van der Waals surface area contributed by atoms with Crippen LogP contribution in [0.1, 0.15) is 153 Å². The van der Waals surface area contributed by atoms with Crippen molar-refractivity contribution in [3.05, 3.63) is 168 Å². The van der Waals surface area contributed by atoms with Gasteiger partial charge in [0.1, 0.15) is 5.60 Å². The molecule has 340 valence electrons. The standard InChI is InChI=1S/C62H68BN3O/c1-60(2,3)47-31-35-51(36-32-47)66-56-42-52(64(48-24-14-8-15-25-48)49-26-16-9-17-27-49)41-55-57(56)63(58-59(66)67-62(5)39-19-18-38-61(58,62)4)53-40-46(44-22-12-7-13-23-44)30-37-54(53)65(55)50-33-28-45(29-34-50)43-20-10-6-11-21-43/h8-9,14-17,24-37,40-44H,6-7,10-13,18-23,38-39H2,1-5H3. The fourth-order valence-corrected chi connectivity index (χ4v) is 13.6. The lowest BCUT2D eigenvalue weighted by Gasteiger charge is -2.48. The molecular formula is C62H68BN3O. The minimum absolute atomic E-state index is 0.0352. The van der Waals surface area contributed by atoms with Crippen LogP contribution >= 0.6 is 0 Å². The lowest BCUT2D eigenvalue weighted by atomic mass is 9.29. The first-order valence-electron chi connectivity index (χ1n) is 26.1. The number of fused-ring (bicyclic) bond motifs is 5. The molecule has 3 heterocycles. The molecule has 0 aromatic heterocycles. The summed E-state index contributed by atoms with van der Waals surface area (Å²) in [5.74, 6) is 2.30. The van der Waals surface area contributed by atoms with Crippen LogP contribution in [0.25, 0.3) is 0 Å². The van der Waals surface area contributed by atoms with Gasteiger partial charge in [0.15, 0.2) is 5.88 Å². The molecule has 3 fully saturated rings. The lowest BCUT2D eigenvalue weighted by molar-refractivity contribution is -0.0607. The van der Waals surface area contributed by atoms with E-state index in [4.69, 9.17) is 4.74 Å². The summed E-state index contributed by atoms with van der Waals surface area (Å²) in [4.78, 5) is 7.67. The molecule has 0 N–H and O–H groups in total. The van der Waals surface area contributed by atoms with E-state index in [1.54, 1.807) is 0 Å². The van der Waals surface area contributed by atoms with E-state index in [1.165, 1.54) is 133 Å². The maximum atomic E-state index is 7.77. The zero-order valence-corrected chi connectivity index (χ0v) is 40.7. The number of hydrogen-bond acceptors (Lipinski definition) is 4. The quantitative estimate of drug-likeness (QED) is 0.149. The van der Waals surface area contributed by atoms with Crippen LogP contribution in [0.3, 0.4) is 0 Å². The molecule has 4 nitrogen and oxygen atoms in total. The van der Waals surface area contributed by atoms with Crippen molar-refractivity contribution in [3.63, 3.8) is 0 Å². The number of benzene rings is 6. The average Bonchev–Trinajstić information content (AvgIpc) is 3.61. The van der Waals surface area contributed by atoms with Crippen LogP contribution in [0.15, 0.2) is 151 Å². The van der Waals surface area contributed by atoms with Crippen molar-refractivity contribution < 1.29 is 4.74 Å². The van der Waals surface area contributed by atoms with E-state index in [2.05, 4.69) is 189 Å². The van der Waals surface area contributed by atoms with Gasteiger partial charge in [-0.25, -0.2) is 0 Å². The van der Waals surface area contributed by atoms with E-state index >= 15 is 0 Å². The summed E-state index contributed by atoms with van der Waals surface area (Å²) < 4.78 is 7.77. The number of anilines is 8. The first-order chi connectivity index (χ1) is 32.6. The van der Waals surface area contributed by atoms with Gasteiger partial charge in [-0.15, -0.1) is 0 Å². The number of nitrogens with zero attached hydrogens (tertiary/aromatic N) is 3. The number of ether oxygens (including phenoxy) is 1. The molecule has 67 heavy (non-hydrogen) atoms. The van der Waals surface area contributed by atoms with Crippen LogP contribution in [-0.4, -0.2) is 12.3 Å². The molecule has 3 saturated carbocycles. The Balaban J connectivity index is 1.17. The highest BCUT2D eigenvalue weighted by Gasteiger charge is 2.63. The summed E-state index contributed by atoms with van der Waals surface area (Å²) in [6.07, 6.45) is 17.8. The zero-order valence-electron chi connectivity index (χ0n) is 40.7. The first kappa shape index (κ1) is 42.7. The normalized spacial score (nSPS) is 22.7. The topological polar surface area (TPSA) is 19.0 Å². The molecule has 0 radical (unpaired) electrons. The average molecular weight is 882 g/mol. The Morgan fingerprint density at radius 3 is 1.69 bits per heavy atom. The van der Waals surface area contributed by atoms with E-state index in [9.17, 15) is 0 Å². The molecule has 6 aliphatic rings. The van der Waals surface area contributed by atoms with Gasteiger partial charge in [-0.3, -0.25) is 4.90 Å². The maximum Gasteiger partial charge on any atom is 0.252 e. The minimum Gasteiger partial charge on any atom is -0.472 e. The third-order valence-corrected chi connectivity index (χ3v) is 17.5. The molecule has 0 bridgehead atoms. The van der Waals surface area contributed by atoms with Crippen molar-refractivity contribution in [2.75, 3.05) is 14.7 Å². The van der Waals surface area contributed by atoms with Crippen molar-refractivity contribution in [1.29, 1.82) is 0 Å². The second kappa shape index (κ2) is 16.5. The van der Waals surface area contributed by atoms with E-state index < -0.39 is 0 Å². The molecule has 12 rings (SSSR count). The van der Waals surface area contributed by atoms with Gasteiger partial charge in [0.25, 0.3) is 6.71 Å². The summed E-state index contributed by atoms with van der Waals surface area (Å²) in [7, 11) is 0. The van der Waals surface area contributed by atoms with Crippen molar-refractivity contribution in [2.24, 2.45) is 5.41 Å². The molecule has 6 aromatic carbocycles. The fourth-order valence-electron chi connectivity index (χ4n) is 13.6. The van der Waals surface area contributed by atoms with Gasteiger partial charge in [0, 0.05) is 45.2 Å². The molecule has 0 amide bonds. The second-order valence-electron chi connectivity index (χ2n) is 22.5. The molecule has 0 spiro atoms. The van der Waals surface area contributed by atoms with Crippen LogP contribution in [0.2, 0.25) is 0 Å². The molecular weight excluding hydrogens is 814 g/mol. The largest absolute Gasteiger partial charge is 0.472 e. The predicted octanol–water partition coefficient (Wildman–Crippen LogP) is 16.2. The monoisotopic (exact) mass is 882 g/mol.